The zero-order chi connectivity index (χ0) is 13.1. The number of hydrogen-bond acceptors (Lipinski definition) is 4. The Balaban J connectivity index is 2.28. The van der Waals surface area contributed by atoms with Crippen LogP contribution in [0.25, 0.3) is 0 Å². The highest BCUT2D eigenvalue weighted by molar-refractivity contribution is 5.71. The Morgan fingerprint density at radius 3 is 2.56 bits per heavy atom. The molecule has 1 aromatic heterocycles. The highest BCUT2D eigenvalue weighted by Gasteiger charge is 2.11. The van der Waals surface area contributed by atoms with E-state index in [-0.39, 0.29) is 0 Å². The van der Waals surface area contributed by atoms with Crippen LogP contribution in [0.5, 0.6) is 0 Å². The fraction of sp³-hybridized carbons (Fsp3) is 0.231. The third kappa shape index (κ3) is 2.13. The van der Waals surface area contributed by atoms with E-state index < -0.39 is 0 Å². The molecule has 5 heteroatoms. The quantitative estimate of drug-likeness (QED) is 0.863. The van der Waals surface area contributed by atoms with E-state index in [1.807, 2.05) is 26.1 Å². The highest BCUT2D eigenvalue weighted by atomic mass is 15.3. The van der Waals surface area contributed by atoms with Crippen molar-refractivity contribution >= 4 is 17.2 Å². The number of hydrogen-bond donors (Lipinski definition) is 2. The van der Waals surface area contributed by atoms with Gasteiger partial charge in [-0.2, -0.15) is 10.4 Å². The van der Waals surface area contributed by atoms with E-state index in [2.05, 4.69) is 16.5 Å². The molecule has 5 nitrogen and oxygen atoms in total. The predicted octanol–water partition coefficient (Wildman–Crippen LogP) is 2.18. The molecule has 92 valence electrons. The molecule has 2 rings (SSSR count). The van der Waals surface area contributed by atoms with Crippen LogP contribution in [0.4, 0.5) is 17.2 Å². The minimum atomic E-state index is 0.632. The highest BCUT2D eigenvalue weighted by Crippen LogP contribution is 2.26. The monoisotopic (exact) mass is 241 g/mol. The van der Waals surface area contributed by atoms with E-state index in [0.717, 1.165) is 23.6 Å². The molecule has 3 N–H and O–H groups in total. The second kappa shape index (κ2) is 4.80. The molecule has 0 unspecified atom stereocenters. The Hall–Kier alpha value is -2.48. The predicted molar refractivity (Wildman–Crippen MR) is 71.4 cm³/mol. The number of nitriles is 1. The van der Waals surface area contributed by atoms with Crippen LogP contribution in [0.15, 0.2) is 24.3 Å². The summed E-state index contributed by atoms with van der Waals surface area (Å²) in [4.78, 5) is 0. The second-order valence-corrected chi connectivity index (χ2v) is 4.00. The van der Waals surface area contributed by atoms with Crippen LogP contribution in [0.1, 0.15) is 18.2 Å². The van der Waals surface area contributed by atoms with Crippen molar-refractivity contribution < 1.29 is 0 Å². The molecule has 18 heavy (non-hydrogen) atoms. The van der Waals surface area contributed by atoms with Gasteiger partial charge in [0.25, 0.3) is 0 Å². The van der Waals surface area contributed by atoms with Gasteiger partial charge in [-0.3, -0.25) is 4.68 Å². The second-order valence-electron chi connectivity index (χ2n) is 4.00. The molecule has 0 aliphatic carbocycles. The summed E-state index contributed by atoms with van der Waals surface area (Å²) in [6.45, 7) is 2.02. The van der Waals surface area contributed by atoms with E-state index in [1.165, 1.54) is 0 Å². The molecule has 2 aromatic rings. The van der Waals surface area contributed by atoms with Crippen LogP contribution in [0.3, 0.4) is 0 Å². The van der Waals surface area contributed by atoms with Gasteiger partial charge in [-0.05, 0) is 30.7 Å². The Kier molecular flexibility index (Phi) is 3.20. The molecule has 0 radical (unpaired) electrons. The number of benzene rings is 1. The summed E-state index contributed by atoms with van der Waals surface area (Å²) in [6.07, 6.45) is 0.800. The minimum Gasteiger partial charge on any atom is -0.394 e. The van der Waals surface area contributed by atoms with Crippen molar-refractivity contribution in [3.8, 4) is 6.07 Å². The van der Waals surface area contributed by atoms with Gasteiger partial charge in [0, 0.05) is 12.7 Å². The molecular weight excluding hydrogens is 226 g/mol. The van der Waals surface area contributed by atoms with Crippen molar-refractivity contribution in [3.05, 3.63) is 35.5 Å². The number of nitrogen functional groups attached to an aromatic ring is 1. The SMILES string of the molecule is CCc1nn(C)c(Nc2ccc(C#N)cc2)c1N. The topological polar surface area (TPSA) is 79.7 Å². The van der Waals surface area contributed by atoms with Crippen molar-refractivity contribution in [1.82, 2.24) is 9.78 Å². The van der Waals surface area contributed by atoms with E-state index >= 15 is 0 Å². The number of nitrogens with zero attached hydrogens (tertiary/aromatic N) is 3. The van der Waals surface area contributed by atoms with Gasteiger partial charge in [-0.15, -0.1) is 0 Å². The number of anilines is 3. The van der Waals surface area contributed by atoms with Crippen LogP contribution >= 0.6 is 0 Å². The molecule has 1 heterocycles. The molecule has 1 aromatic carbocycles. The Labute approximate surface area is 106 Å². The van der Waals surface area contributed by atoms with Gasteiger partial charge in [0.05, 0.1) is 23.0 Å². The van der Waals surface area contributed by atoms with E-state index in [0.29, 0.717) is 11.3 Å². The summed E-state index contributed by atoms with van der Waals surface area (Å²) in [7, 11) is 1.85. The molecule has 0 amide bonds. The summed E-state index contributed by atoms with van der Waals surface area (Å²) >= 11 is 0. The van der Waals surface area contributed by atoms with Gasteiger partial charge in [0.1, 0.15) is 0 Å². The average molecular weight is 241 g/mol. The number of rotatable bonds is 3. The Bertz CT molecular complexity index is 589. The van der Waals surface area contributed by atoms with Crippen molar-refractivity contribution in [1.29, 1.82) is 5.26 Å². The zero-order valence-corrected chi connectivity index (χ0v) is 10.4. The van der Waals surface area contributed by atoms with Crippen LogP contribution in [-0.4, -0.2) is 9.78 Å². The summed E-state index contributed by atoms with van der Waals surface area (Å²) < 4.78 is 1.73. The van der Waals surface area contributed by atoms with Crippen LogP contribution in [-0.2, 0) is 13.5 Å². The fourth-order valence-corrected chi connectivity index (χ4v) is 1.77. The lowest BCUT2D eigenvalue weighted by atomic mass is 10.2. The number of nitrogens with one attached hydrogen (secondary N) is 1. The van der Waals surface area contributed by atoms with Crippen LogP contribution in [0.2, 0.25) is 0 Å². The van der Waals surface area contributed by atoms with Gasteiger partial charge in [0.2, 0.25) is 0 Å². The third-order valence-corrected chi connectivity index (χ3v) is 2.77. The average Bonchev–Trinajstić information content (AvgIpc) is 2.67. The van der Waals surface area contributed by atoms with Gasteiger partial charge in [-0.25, -0.2) is 0 Å². The molecule has 0 saturated heterocycles. The van der Waals surface area contributed by atoms with Crippen molar-refractivity contribution in [2.45, 2.75) is 13.3 Å². The van der Waals surface area contributed by atoms with Gasteiger partial charge < -0.3 is 11.1 Å². The molecule has 0 saturated carbocycles. The molecule has 0 aliphatic heterocycles. The molecule has 0 fully saturated rings. The first kappa shape index (κ1) is 12.0. The molecule has 0 aliphatic rings. The maximum absolute atomic E-state index is 8.74. The summed E-state index contributed by atoms with van der Waals surface area (Å²) in [5.41, 5.74) is 9.09. The Morgan fingerprint density at radius 1 is 1.39 bits per heavy atom. The van der Waals surface area contributed by atoms with Gasteiger partial charge in [0.15, 0.2) is 5.82 Å². The molecule has 0 bridgehead atoms. The van der Waals surface area contributed by atoms with Gasteiger partial charge >= 0.3 is 0 Å². The number of nitrogens with two attached hydrogens (primary N) is 1. The van der Waals surface area contributed by atoms with Gasteiger partial charge in [-0.1, -0.05) is 6.92 Å². The lowest BCUT2D eigenvalue weighted by Gasteiger charge is -2.07. The number of aryl methyl sites for hydroxylation is 2. The molecule has 0 atom stereocenters. The lowest BCUT2D eigenvalue weighted by molar-refractivity contribution is 0.753. The fourth-order valence-electron chi connectivity index (χ4n) is 1.77. The molecule has 0 spiro atoms. The summed E-state index contributed by atoms with van der Waals surface area (Å²) in [5, 5.41) is 16.3. The zero-order valence-electron chi connectivity index (χ0n) is 10.4. The number of aromatic nitrogens is 2. The van der Waals surface area contributed by atoms with Crippen molar-refractivity contribution in [2.75, 3.05) is 11.1 Å². The smallest absolute Gasteiger partial charge is 0.152 e. The van der Waals surface area contributed by atoms with E-state index in [4.69, 9.17) is 11.0 Å². The maximum Gasteiger partial charge on any atom is 0.152 e. The maximum atomic E-state index is 8.74. The third-order valence-electron chi connectivity index (χ3n) is 2.77. The summed E-state index contributed by atoms with van der Waals surface area (Å²) in [6, 6.07) is 9.29. The minimum absolute atomic E-state index is 0.632. The lowest BCUT2D eigenvalue weighted by Crippen LogP contribution is -2.01. The van der Waals surface area contributed by atoms with Crippen molar-refractivity contribution in [3.63, 3.8) is 0 Å². The first-order valence-corrected chi connectivity index (χ1v) is 5.74. The first-order valence-electron chi connectivity index (χ1n) is 5.74. The van der Waals surface area contributed by atoms with Crippen molar-refractivity contribution in [2.24, 2.45) is 7.05 Å². The normalized spacial score (nSPS) is 10.1. The van der Waals surface area contributed by atoms with E-state index in [9.17, 15) is 0 Å². The van der Waals surface area contributed by atoms with Crippen LogP contribution < -0.4 is 11.1 Å². The standard InChI is InChI=1S/C13H15N5/c1-3-11-12(15)13(18(2)17-11)16-10-6-4-9(8-14)5-7-10/h4-7,16H,3,15H2,1-2H3. The Morgan fingerprint density at radius 2 is 2.06 bits per heavy atom. The first-order chi connectivity index (χ1) is 8.65. The van der Waals surface area contributed by atoms with Crippen LogP contribution in [0, 0.1) is 11.3 Å². The largest absolute Gasteiger partial charge is 0.394 e. The van der Waals surface area contributed by atoms with E-state index in [1.54, 1.807) is 16.8 Å². The summed E-state index contributed by atoms with van der Waals surface area (Å²) in [5.74, 6) is 0.775. The molecular formula is C13H15N5.